The Hall–Kier alpha value is -1.38. The molecule has 1 heterocycles. The van der Waals surface area contributed by atoms with Crippen molar-refractivity contribution < 1.29 is 22.6 Å². The predicted molar refractivity (Wildman–Crippen MR) is 76.4 cm³/mol. The number of alkyl halides is 3. The van der Waals surface area contributed by atoms with Crippen LogP contribution in [-0.4, -0.2) is 37.5 Å². The first-order valence-corrected chi connectivity index (χ1v) is 6.73. The van der Waals surface area contributed by atoms with Gasteiger partial charge in [0.25, 0.3) is 0 Å². The topological polar surface area (TPSA) is 56.5 Å². The summed E-state index contributed by atoms with van der Waals surface area (Å²) in [7, 11) is 0. The Morgan fingerprint density at radius 1 is 1.38 bits per heavy atom. The van der Waals surface area contributed by atoms with Gasteiger partial charge in [-0.2, -0.15) is 13.2 Å². The molecule has 0 bridgehead atoms. The van der Waals surface area contributed by atoms with Crippen molar-refractivity contribution in [2.45, 2.75) is 12.3 Å². The molecule has 0 spiro atoms. The minimum atomic E-state index is -4.49. The van der Waals surface area contributed by atoms with Crippen LogP contribution in [0.25, 0.3) is 0 Å². The quantitative estimate of drug-likeness (QED) is 0.833. The van der Waals surface area contributed by atoms with Gasteiger partial charge in [0, 0.05) is 17.8 Å². The molecular weight excluding hydrogens is 305 g/mol. The second-order valence-electron chi connectivity index (χ2n) is 4.57. The molecule has 116 valence electrons. The molecular formula is C13H15F3N2O2S. The van der Waals surface area contributed by atoms with Crippen LogP contribution in [0.15, 0.2) is 18.2 Å². The number of hydrogen-bond donors (Lipinski definition) is 2. The number of benzene rings is 1. The molecule has 1 aromatic carbocycles. The second kappa shape index (κ2) is 6.59. The van der Waals surface area contributed by atoms with Gasteiger partial charge in [-0.15, -0.1) is 0 Å². The zero-order valence-corrected chi connectivity index (χ0v) is 11.9. The smallest absolute Gasteiger partial charge is 0.389 e. The summed E-state index contributed by atoms with van der Waals surface area (Å²) in [4.78, 5) is -0.289. The summed E-state index contributed by atoms with van der Waals surface area (Å²) < 4.78 is 49.2. The highest BCUT2D eigenvalue weighted by atomic mass is 32.1. The van der Waals surface area contributed by atoms with E-state index >= 15 is 0 Å². The van der Waals surface area contributed by atoms with E-state index in [4.69, 9.17) is 27.4 Å². The van der Waals surface area contributed by atoms with Crippen LogP contribution in [0.1, 0.15) is 11.1 Å². The molecule has 0 amide bonds. The van der Waals surface area contributed by atoms with Gasteiger partial charge in [0.15, 0.2) is 0 Å². The fraction of sp³-hybridized carbons (Fsp3) is 0.462. The van der Waals surface area contributed by atoms with Crippen LogP contribution < -0.4 is 11.1 Å². The fourth-order valence-electron chi connectivity index (χ4n) is 1.99. The number of thiocarbonyl (C=S) groups is 1. The zero-order chi connectivity index (χ0) is 15.5. The van der Waals surface area contributed by atoms with Crippen molar-refractivity contribution in [2.24, 2.45) is 5.73 Å². The molecule has 1 aliphatic heterocycles. The van der Waals surface area contributed by atoms with Gasteiger partial charge >= 0.3 is 6.18 Å². The molecule has 1 aromatic rings. The first kappa shape index (κ1) is 16.0. The highest BCUT2D eigenvalue weighted by molar-refractivity contribution is 7.80. The predicted octanol–water partition coefficient (Wildman–Crippen LogP) is 2.17. The SMILES string of the molecule is NC(=S)c1cc(NCC2COCCO2)ccc1C(F)(F)F. The van der Waals surface area contributed by atoms with Crippen LogP contribution in [0.4, 0.5) is 18.9 Å². The molecule has 2 rings (SSSR count). The molecule has 21 heavy (non-hydrogen) atoms. The van der Waals surface area contributed by atoms with Crippen molar-refractivity contribution in [2.75, 3.05) is 31.7 Å². The lowest BCUT2D eigenvalue weighted by Gasteiger charge is -2.23. The Kier molecular flexibility index (Phi) is 5.02. The van der Waals surface area contributed by atoms with Crippen molar-refractivity contribution in [3.8, 4) is 0 Å². The molecule has 0 aliphatic carbocycles. The number of rotatable bonds is 4. The monoisotopic (exact) mass is 320 g/mol. The van der Waals surface area contributed by atoms with Crippen molar-refractivity contribution in [3.63, 3.8) is 0 Å². The van der Waals surface area contributed by atoms with Crippen LogP contribution >= 0.6 is 12.2 Å². The van der Waals surface area contributed by atoms with Gasteiger partial charge in [-0.05, 0) is 18.2 Å². The lowest BCUT2D eigenvalue weighted by molar-refractivity contribution is -0.137. The van der Waals surface area contributed by atoms with Gasteiger partial charge in [-0.1, -0.05) is 12.2 Å². The van der Waals surface area contributed by atoms with Gasteiger partial charge in [-0.25, -0.2) is 0 Å². The van der Waals surface area contributed by atoms with E-state index in [2.05, 4.69) is 5.32 Å². The number of anilines is 1. The molecule has 1 unspecified atom stereocenters. The summed E-state index contributed by atoms with van der Waals surface area (Å²) in [5, 5.41) is 3.00. The maximum absolute atomic E-state index is 12.8. The number of nitrogens with two attached hydrogens (primary N) is 1. The van der Waals surface area contributed by atoms with Crippen LogP contribution in [-0.2, 0) is 15.7 Å². The third-order valence-corrected chi connectivity index (χ3v) is 3.23. The first-order valence-electron chi connectivity index (χ1n) is 6.32. The Labute approximate surface area is 125 Å². The Balaban J connectivity index is 2.10. The van der Waals surface area contributed by atoms with E-state index in [1.807, 2.05) is 0 Å². The van der Waals surface area contributed by atoms with E-state index in [1.54, 1.807) is 0 Å². The van der Waals surface area contributed by atoms with E-state index < -0.39 is 11.7 Å². The number of halogens is 3. The third-order valence-electron chi connectivity index (χ3n) is 3.01. The maximum Gasteiger partial charge on any atom is 0.417 e. The molecule has 0 radical (unpaired) electrons. The Bertz CT molecular complexity index is 517. The largest absolute Gasteiger partial charge is 0.417 e. The van der Waals surface area contributed by atoms with Crippen LogP contribution in [0.3, 0.4) is 0 Å². The zero-order valence-electron chi connectivity index (χ0n) is 11.1. The summed E-state index contributed by atoms with van der Waals surface area (Å²) in [6.07, 6.45) is -4.62. The highest BCUT2D eigenvalue weighted by Gasteiger charge is 2.34. The molecule has 0 saturated carbocycles. The van der Waals surface area contributed by atoms with Crippen molar-refractivity contribution >= 4 is 22.9 Å². The minimum Gasteiger partial charge on any atom is -0.389 e. The van der Waals surface area contributed by atoms with Crippen molar-refractivity contribution in [3.05, 3.63) is 29.3 Å². The van der Waals surface area contributed by atoms with Gasteiger partial charge in [0.1, 0.15) is 4.99 Å². The summed E-state index contributed by atoms with van der Waals surface area (Å²) >= 11 is 4.69. The average molecular weight is 320 g/mol. The standard InChI is InChI=1S/C13H15F3N2O2S/c14-13(15,16)11-2-1-8(5-10(11)12(17)21)18-6-9-7-19-3-4-20-9/h1-2,5,9,18H,3-4,6-7H2,(H2,17,21). The number of nitrogens with one attached hydrogen (secondary N) is 1. The molecule has 0 aromatic heterocycles. The first-order chi connectivity index (χ1) is 9.88. The lowest BCUT2D eigenvalue weighted by atomic mass is 10.1. The summed E-state index contributed by atoms with van der Waals surface area (Å²) in [6.45, 7) is 1.96. The van der Waals surface area contributed by atoms with Crippen LogP contribution in [0, 0.1) is 0 Å². The van der Waals surface area contributed by atoms with Crippen LogP contribution in [0.2, 0.25) is 0 Å². The number of ether oxygens (including phenoxy) is 2. The maximum atomic E-state index is 12.8. The molecule has 1 fully saturated rings. The normalized spacial score (nSPS) is 19.3. The molecule has 3 N–H and O–H groups in total. The summed E-state index contributed by atoms with van der Waals surface area (Å²) in [6, 6.07) is 3.61. The molecule has 1 saturated heterocycles. The summed E-state index contributed by atoms with van der Waals surface area (Å²) in [5.41, 5.74) is 4.85. The average Bonchev–Trinajstić information content (AvgIpc) is 2.45. The second-order valence-corrected chi connectivity index (χ2v) is 5.01. The third kappa shape index (κ3) is 4.29. The van der Waals surface area contributed by atoms with E-state index in [0.717, 1.165) is 6.07 Å². The van der Waals surface area contributed by atoms with Gasteiger partial charge < -0.3 is 20.5 Å². The molecule has 8 heteroatoms. The van der Waals surface area contributed by atoms with E-state index in [1.165, 1.54) is 12.1 Å². The summed E-state index contributed by atoms with van der Waals surface area (Å²) in [5.74, 6) is 0. The molecule has 1 aliphatic rings. The van der Waals surface area contributed by atoms with Gasteiger partial charge in [0.2, 0.25) is 0 Å². The van der Waals surface area contributed by atoms with Gasteiger partial charge in [0.05, 0.1) is 31.5 Å². The van der Waals surface area contributed by atoms with Gasteiger partial charge in [-0.3, -0.25) is 0 Å². The van der Waals surface area contributed by atoms with E-state index in [9.17, 15) is 13.2 Å². The Morgan fingerprint density at radius 2 is 2.14 bits per heavy atom. The van der Waals surface area contributed by atoms with E-state index in [0.29, 0.717) is 32.1 Å². The molecule has 1 atom stereocenters. The highest BCUT2D eigenvalue weighted by Crippen LogP contribution is 2.33. The Morgan fingerprint density at radius 3 is 2.71 bits per heavy atom. The van der Waals surface area contributed by atoms with E-state index in [-0.39, 0.29) is 16.7 Å². The number of hydrogen-bond acceptors (Lipinski definition) is 4. The fourth-order valence-corrected chi connectivity index (χ4v) is 2.16. The van der Waals surface area contributed by atoms with Crippen molar-refractivity contribution in [1.29, 1.82) is 0 Å². The molecule has 4 nitrogen and oxygen atoms in total. The lowest BCUT2D eigenvalue weighted by Crippen LogP contribution is -2.34. The van der Waals surface area contributed by atoms with Crippen LogP contribution in [0.5, 0.6) is 0 Å². The minimum absolute atomic E-state index is 0.130. The van der Waals surface area contributed by atoms with Crippen molar-refractivity contribution in [1.82, 2.24) is 0 Å².